The van der Waals surface area contributed by atoms with Crippen LogP contribution in [0.3, 0.4) is 0 Å². The van der Waals surface area contributed by atoms with Crippen LogP contribution in [0.4, 0.5) is 5.82 Å². The van der Waals surface area contributed by atoms with Crippen molar-refractivity contribution >= 4 is 38.2 Å². The summed E-state index contributed by atoms with van der Waals surface area (Å²) in [6.07, 6.45) is 2.64. The molecule has 0 aliphatic carbocycles. The van der Waals surface area contributed by atoms with Gasteiger partial charge >= 0.3 is 0 Å². The van der Waals surface area contributed by atoms with Crippen molar-refractivity contribution in [1.29, 1.82) is 0 Å². The number of hydrogen-bond donors (Lipinski definition) is 3. The second kappa shape index (κ2) is 6.62. The Morgan fingerprint density at radius 2 is 2.21 bits per heavy atom. The first-order valence-electron chi connectivity index (χ1n) is 5.20. The van der Waals surface area contributed by atoms with E-state index >= 15 is 0 Å². The third-order valence-electron chi connectivity index (χ3n) is 2.10. The molecule has 0 fully saturated rings. The first-order valence-corrected chi connectivity index (χ1v) is 8.79. The van der Waals surface area contributed by atoms with E-state index < -0.39 is 26.9 Å². The van der Waals surface area contributed by atoms with Gasteiger partial charge in [-0.25, -0.2) is 24.0 Å². The highest BCUT2D eigenvalue weighted by Crippen LogP contribution is 2.21. The number of nitrogens with one attached hydrogen (secondary N) is 2. The molecule has 0 radical (unpaired) electrons. The quantitative estimate of drug-likeness (QED) is 0.503. The SMILES string of the molecule is CC(CS(C)=O)NS(=O)(=O)c1cnc(NN)c(Cl)c1. The lowest BCUT2D eigenvalue weighted by Gasteiger charge is -2.13. The standard InChI is InChI=1S/C9H15ClN4O3S2/c1-6(5-18(2)15)14-19(16,17)7-3-8(10)9(13-11)12-4-7/h3-4,6,14H,5,11H2,1-2H3,(H,12,13). The van der Waals surface area contributed by atoms with Crippen molar-refractivity contribution in [1.82, 2.24) is 9.71 Å². The highest BCUT2D eigenvalue weighted by molar-refractivity contribution is 7.89. The molecule has 0 spiro atoms. The van der Waals surface area contributed by atoms with E-state index in [1.165, 1.54) is 12.3 Å². The molecule has 1 rings (SSSR count). The molecule has 0 aromatic carbocycles. The van der Waals surface area contributed by atoms with Gasteiger partial charge < -0.3 is 5.43 Å². The summed E-state index contributed by atoms with van der Waals surface area (Å²) < 4.78 is 37.5. The van der Waals surface area contributed by atoms with Crippen molar-refractivity contribution in [3.8, 4) is 0 Å². The van der Waals surface area contributed by atoms with Gasteiger partial charge in [0, 0.05) is 35.0 Å². The van der Waals surface area contributed by atoms with E-state index in [4.69, 9.17) is 17.4 Å². The predicted octanol–water partition coefficient (Wildman–Crippen LogP) is 0.0659. The number of halogens is 1. The Bertz CT molecular complexity index is 579. The molecule has 1 heterocycles. The summed E-state index contributed by atoms with van der Waals surface area (Å²) in [4.78, 5) is 3.71. The smallest absolute Gasteiger partial charge is 0.242 e. The maximum atomic E-state index is 12.0. The Labute approximate surface area is 119 Å². The first-order chi connectivity index (χ1) is 8.76. The fourth-order valence-electron chi connectivity index (χ4n) is 1.39. The van der Waals surface area contributed by atoms with Crippen LogP contribution < -0.4 is 16.0 Å². The van der Waals surface area contributed by atoms with Crippen LogP contribution in [-0.4, -0.2) is 35.7 Å². The average molecular weight is 327 g/mol. The predicted molar refractivity (Wildman–Crippen MR) is 75.8 cm³/mol. The number of nitrogens with two attached hydrogens (primary N) is 1. The first kappa shape index (κ1) is 16.3. The molecule has 0 bridgehead atoms. The van der Waals surface area contributed by atoms with Gasteiger partial charge in [-0.2, -0.15) is 0 Å². The number of anilines is 1. The number of nitrogens with zero attached hydrogens (tertiary/aromatic N) is 1. The Morgan fingerprint density at radius 1 is 1.58 bits per heavy atom. The average Bonchev–Trinajstić information content (AvgIpc) is 2.26. The number of sulfonamides is 1. The van der Waals surface area contributed by atoms with E-state index in [9.17, 15) is 12.6 Å². The molecule has 19 heavy (non-hydrogen) atoms. The van der Waals surface area contributed by atoms with Crippen LogP contribution >= 0.6 is 11.6 Å². The zero-order valence-corrected chi connectivity index (χ0v) is 12.8. The van der Waals surface area contributed by atoms with Gasteiger partial charge in [-0.05, 0) is 13.0 Å². The minimum Gasteiger partial charge on any atom is -0.307 e. The van der Waals surface area contributed by atoms with Gasteiger partial charge in [-0.1, -0.05) is 11.6 Å². The van der Waals surface area contributed by atoms with Crippen molar-refractivity contribution in [3.05, 3.63) is 17.3 Å². The Hall–Kier alpha value is -0.740. The molecule has 0 aliphatic rings. The van der Waals surface area contributed by atoms with Crippen molar-refractivity contribution in [2.45, 2.75) is 17.9 Å². The Balaban J connectivity index is 2.94. The van der Waals surface area contributed by atoms with E-state index in [1.807, 2.05) is 0 Å². The molecule has 1 aromatic rings. The van der Waals surface area contributed by atoms with Crippen LogP contribution in [0.25, 0.3) is 0 Å². The van der Waals surface area contributed by atoms with Crippen LogP contribution in [0, 0.1) is 0 Å². The molecule has 0 saturated heterocycles. The monoisotopic (exact) mass is 326 g/mol. The van der Waals surface area contributed by atoms with Gasteiger partial charge in [-0.3, -0.25) is 4.21 Å². The van der Waals surface area contributed by atoms with E-state index in [0.717, 1.165) is 6.20 Å². The third-order valence-corrected chi connectivity index (χ3v) is 4.92. The van der Waals surface area contributed by atoms with Gasteiger partial charge in [0.05, 0.1) is 5.02 Å². The molecule has 0 aliphatic heterocycles. The summed E-state index contributed by atoms with van der Waals surface area (Å²) in [5, 5.41) is 0.0945. The highest BCUT2D eigenvalue weighted by Gasteiger charge is 2.19. The molecule has 2 atom stereocenters. The maximum absolute atomic E-state index is 12.0. The maximum Gasteiger partial charge on any atom is 0.242 e. The van der Waals surface area contributed by atoms with Crippen LogP contribution in [0.1, 0.15) is 6.92 Å². The minimum absolute atomic E-state index is 0.0785. The van der Waals surface area contributed by atoms with Crippen molar-refractivity contribution in [2.75, 3.05) is 17.4 Å². The highest BCUT2D eigenvalue weighted by atomic mass is 35.5. The van der Waals surface area contributed by atoms with Crippen molar-refractivity contribution < 1.29 is 12.6 Å². The molecular formula is C9H15ClN4O3S2. The lowest BCUT2D eigenvalue weighted by atomic mass is 10.4. The van der Waals surface area contributed by atoms with Crippen LogP contribution in [0.5, 0.6) is 0 Å². The normalized spacial score (nSPS) is 14.9. The molecule has 7 nitrogen and oxygen atoms in total. The van der Waals surface area contributed by atoms with Gasteiger partial charge in [0.15, 0.2) is 5.82 Å². The van der Waals surface area contributed by atoms with Gasteiger partial charge in [0.2, 0.25) is 10.0 Å². The lowest BCUT2D eigenvalue weighted by molar-refractivity contribution is 0.569. The van der Waals surface area contributed by atoms with E-state index in [1.54, 1.807) is 6.92 Å². The summed E-state index contributed by atoms with van der Waals surface area (Å²) in [5.74, 6) is 5.56. The molecule has 10 heteroatoms. The van der Waals surface area contributed by atoms with Crippen molar-refractivity contribution in [2.24, 2.45) is 5.84 Å². The van der Waals surface area contributed by atoms with Crippen LogP contribution in [-0.2, 0) is 20.8 Å². The second-order valence-corrected chi connectivity index (χ2v) is 7.51. The van der Waals surface area contributed by atoms with Gasteiger partial charge in [0.1, 0.15) is 4.90 Å². The second-order valence-electron chi connectivity index (χ2n) is 3.91. The zero-order chi connectivity index (χ0) is 14.6. The fraction of sp³-hybridized carbons (Fsp3) is 0.444. The number of nitrogen functional groups attached to an aromatic ring is 1. The lowest BCUT2D eigenvalue weighted by Crippen LogP contribution is -2.36. The Kier molecular flexibility index (Phi) is 5.68. The molecule has 4 N–H and O–H groups in total. The summed E-state index contributed by atoms with van der Waals surface area (Å²) in [6, 6.07) is 0.781. The largest absolute Gasteiger partial charge is 0.307 e. The number of rotatable bonds is 6. The summed E-state index contributed by atoms with van der Waals surface area (Å²) in [7, 11) is -4.84. The Morgan fingerprint density at radius 3 is 2.68 bits per heavy atom. The third kappa shape index (κ3) is 4.69. The topological polar surface area (TPSA) is 114 Å². The molecule has 1 aromatic heterocycles. The van der Waals surface area contributed by atoms with E-state index in [-0.39, 0.29) is 21.5 Å². The number of hydrazine groups is 1. The van der Waals surface area contributed by atoms with Gasteiger partial charge in [0.25, 0.3) is 0 Å². The van der Waals surface area contributed by atoms with E-state index in [2.05, 4.69) is 15.1 Å². The van der Waals surface area contributed by atoms with Crippen molar-refractivity contribution in [3.63, 3.8) is 0 Å². The molecular weight excluding hydrogens is 312 g/mol. The summed E-state index contributed by atoms with van der Waals surface area (Å²) in [5.41, 5.74) is 2.24. The summed E-state index contributed by atoms with van der Waals surface area (Å²) in [6.45, 7) is 1.63. The molecule has 2 unspecified atom stereocenters. The molecule has 0 saturated carbocycles. The molecule has 0 amide bonds. The fourth-order valence-corrected chi connectivity index (χ4v) is 3.78. The number of pyridine rings is 1. The van der Waals surface area contributed by atoms with Gasteiger partial charge in [-0.15, -0.1) is 0 Å². The van der Waals surface area contributed by atoms with E-state index in [0.29, 0.717) is 0 Å². The molecule has 108 valence electrons. The van der Waals surface area contributed by atoms with Crippen LogP contribution in [0.15, 0.2) is 17.2 Å². The number of aromatic nitrogens is 1. The minimum atomic E-state index is -3.75. The summed E-state index contributed by atoms with van der Waals surface area (Å²) >= 11 is 5.81. The number of hydrogen-bond acceptors (Lipinski definition) is 6. The zero-order valence-electron chi connectivity index (χ0n) is 10.4. The van der Waals surface area contributed by atoms with Crippen LogP contribution in [0.2, 0.25) is 5.02 Å².